The third-order valence-electron chi connectivity index (χ3n) is 2.03. The Hall–Kier alpha value is -0.680. The van der Waals surface area contributed by atoms with Crippen LogP contribution in [0.25, 0.3) is 0 Å². The molecule has 0 aromatic carbocycles. The standard InChI is InChI=1S/C7H10N2O2S/c1-3(10)6-5-4(2-12-6)8-9-7(5)11/h3,6,10H,2H2,1H3,(H2,8,9,11). The summed E-state index contributed by atoms with van der Waals surface area (Å²) in [6.45, 7) is 1.71. The molecule has 1 aromatic heterocycles. The zero-order valence-corrected chi connectivity index (χ0v) is 7.44. The minimum atomic E-state index is -0.465. The molecule has 0 bridgehead atoms. The summed E-state index contributed by atoms with van der Waals surface area (Å²) in [5.74, 6) is 0.781. The highest BCUT2D eigenvalue weighted by molar-refractivity contribution is 7.99. The van der Waals surface area contributed by atoms with E-state index in [1.54, 1.807) is 18.7 Å². The van der Waals surface area contributed by atoms with Crippen LogP contribution in [0.5, 0.6) is 0 Å². The Bertz CT molecular complexity index is 341. The van der Waals surface area contributed by atoms with Crippen LogP contribution in [0.1, 0.15) is 23.4 Å². The first-order valence-corrected chi connectivity index (χ1v) is 4.84. The van der Waals surface area contributed by atoms with Crippen molar-refractivity contribution in [1.29, 1.82) is 0 Å². The fourth-order valence-corrected chi connectivity index (χ4v) is 2.72. The predicted molar refractivity (Wildman–Crippen MR) is 47.1 cm³/mol. The van der Waals surface area contributed by atoms with Crippen LogP contribution in [0.2, 0.25) is 0 Å². The van der Waals surface area contributed by atoms with Gasteiger partial charge in [-0.25, -0.2) is 0 Å². The van der Waals surface area contributed by atoms with E-state index in [-0.39, 0.29) is 10.8 Å². The van der Waals surface area contributed by atoms with Gasteiger partial charge in [0.1, 0.15) is 0 Å². The van der Waals surface area contributed by atoms with Gasteiger partial charge in [-0.15, -0.1) is 11.8 Å². The molecule has 0 radical (unpaired) electrons. The molecule has 0 spiro atoms. The second kappa shape index (κ2) is 2.67. The number of H-pyrrole nitrogens is 2. The Labute approximate surface area is 73.4 Å². The van der Waals surface area contributed by atoms with Crippen molar-refractivity contribution >= 4 is 11.8 Å². The molecule has 0 saturated carbocycles. The first-order chi connectivity index (χ1) is 5.70. The topological polar surface area (TPSA) is 68.9 Å². The van der Waals surface area contributed by atoms with E-state index in [1.807, 2.05) is 0 Å². The minimum Gasteiger partial charge on any atom is -0.392 e. The molecule has 12 heavy (non-hydrogen) atoms. The molecule has 3 N–H and O–H groups in total. The Morgan fingerprint density at radius 3 is 3.08 bits per heavy atom. The van der Waals surface area contributed by atoms with E-state index in [1.165, 1.54) is 0 Å². The van der Waals surface area contributed by atoms with E-state index in [0.717, 1.165) is 17.0 Å². The quantitative estimate of drug-likeness (QED) is 0.593. The molecule has 2 atom stereocenters. The normalized spacial score (nSPS) is 24.0. The van der Waals surface area contributed by atoms with Gasteiger partial charge in [0.25, 0.3) is 5.56 Å². The van der Waals surface area contributed by atoms with Gasteiger partial charge in [0, 0.05) is 5.75 Å². The van der Waals surface area contributed by atoms with Crippen LogP contribution in [-0.4, -0.2) is 21.4 Å². The van der Waals surface area contributed by atoms with Gasteiger partial charge in [-0.05, 0) is 6.92 Å². The molecule has 4 nitrogen and oxygen atoms in total. The number of nitrogens with one attached hydrogen (secondary N) is 2. The lowest BCUT2D eigenvalue weighted by molar-refractivity contribution is 0.192. The van der Waals surface area contributed by atoms with Gasteiger partial charge in [-0.3, -0.25) is 9.89 Å². The summed E-state index contributed by atoms with van der Waals surface area (Å²) in [6, 6.07) is 0. The van der Waals surface area contributed by atoms with Crippen LogP contribution in [0.4, 0.5) is 0 Å². The molecular formula is C7H10N2O2S. The summed E-state index contributed by atoms with van der Waals surface area (Å²) in [5.41, 5.74) is 1.55. The van der Waals surface area contributed by atoms with Gasteiger partial charge in [0.05, 0.1) is 22.6 Å². The maximum atomic E-state index is 11.2. The average Bonchev–Trinajstić information content (AvgIpc) is 2.53. The lowest BCUT2D eigenvalue weighted by Crippen LogP contribution is -2.16. The summed E-state index contributed by atoms with van der Waals surface area (Å²) in [6.07, 6.45) is -0.465. The van der Waals surface area contributed by atoms with Gasteiger partial charge in [-0.2, -0.15) is 0 Å². The van der Waals surface area contributed by atoms with Crippen LogP contribution < -0.4 is 5.56 Å². The first-order valence-electron chi connectivity index (χ1n) is 3.79. The van der Waals surface area contributed by atoms with E-state index in [2.05, 4.69) is 10.2 Å². The summed E-state index contributed by atoms with van der Waals surface area (Å²) < 4.78 is 0. The summed E-state index contributed by atoms with van der Waals surface area (Å²) in [4.78, 5) is 11.2. The molecule has 1 aliphatic heterocycles. The number of rotatable bonds is 1. The molecule has 5 heteroatoms. The Balaban J connectivity index is 2.46. The van der Waals surface area contributed by atoms with E-state index in [4.69, 9.17) is 0 Å². The van der Waals surface area contributed by atoms with Crippen molar-refractivity contribution < 1.29 is 5.11 Å². The second-order valence-corrected chi connectivity index (χ2v) is 4.07. The van der Waals surface area contributed by atoms with Crippen molar-refractivity contribution in [2.45, 2.75) is 24.0 Å². The van der Waals surface area contributed by atoms with Crippen LogP contribution in [0.3, 0.4) is 0 Å². The van der Waals surface area contributed by atoms with Gasteiger partial charge >= 0.3 is 0 Å². The van der Waals surface area contributed by atoms with Gasteiger partial charge in [-0.1, -0.05) is 0 Å². The molecule has 1 aromatic rings. The molecule has 2 rings (SSSR count). The van der Waals surface area contributed by atoms with Crippen molar-refractivity contribution in [2.75, 3.05) is 0 Å². The number of hydrogen-bond acceptors (Lipinski definition) is 3. The molecule has 66 valence electrons. The molecule has 0 amide bonds. The van der Waals surface area contributed by atoms with Crippen LogP contribution in [-0.2, 0) is 5.75 Å². The Morgan fingerprint density at radius 2 is 2.42 bits per heavy atom. The van der Waals surface area contributed by atoms with E-state index >= 15 is 0 Å². The van der Waals surface area contributed by atoms with E-state index < -0.39 is 6.10 Å². The van der Waals surface area contributed by atoms with E-state index in [0.29, 0.717) is 0 Å². The van der Waals surface area contributed by atoms with Crippen molar-refractivity contribution in [3.8, 4) is 0 Å². The van der Waals surface area contributed by atoms with Crippen LogP contribution in [0, 0.1) is 0 Å². The highest BCUT2D eigenvalue weighted by Gasteiger charge is 2.30. The van der Waals surface area contributed by atoms with Crippen LogP contribution >= 0.6 is 11.8 Å². The summed E-state index contributed by atoms with van der Waals surface area (Å²) >= 11 is 1.60. The number of aliphatic hydroxyl groups excluding tert-OH is 1. The number of aromatic amines is 2. The lowest BCUT2D eigenvalue weighted by Gasteiger charge is -2.10. The minimum absolute atomic E-state index is 0.0602. The SMILES string of the molecule is CC(O)C1SCc2[nH][nH]c(=O)c21. The van der Waals surface area contributed by atoms with Gasteiger partial charge in [0.2, 0.25) is 0 Å². The monoisotopic (exact) mass is 186 g/mol. The second-order valence-electron chi connectivity index (χ2n) is 2.94. The molecule has 0 aliphatic carbocycles. The van der Waals surface area contributed by atoms with Crippen molar-refractivity contribution in [2.24, 2.45) is 0 Å². The number of fused-ring (bicyclic) bond motifs is 1. The first kappa shape index (κ1) is 7.94. The fraction of sp³-hybridized carbons (Fsp3) is 0.571. The molecular weight excluding hydrogens is 176 g/mol. The number of aromatic nitrogens is 2. The summed E-state index contributed by atoms with van der Waals surface area (Å²) in [7, 11) is 0. The zero-order valence-electron chi connectivity index (χ0n) is 6.63. The molecule has 1 aliphatic rings. The largest absolute Gasteiger partial charge is 0.392 e. The average molecular weight is 186 g/mol. The number of aliphatic hydroxyl groups is 1. The van der Waals surface area contributed by atoms with E-state index in [9.17, 15) is 9.90 Å². The highest BCUT2D eigenvalue weighted by atomic mass is 32.2. The zero-order chi connectivity index (χ0) is 8.72. The fourth-order valence-electron chi connectivity index (χ4n) is 1.46. The van der Waals surface area contributed by atoms with Crippen molar-refractivity contribution in [1.82, 2.24) is 10.2 Å². The van der Waals surface area contributed by atoms with Gasteiger partial charge < -0.3 is 10.2 Å². The van der Waals surface area contributed by atoms with Crippen LogP contribution in [0.15, 0.2) is 4.79 Å². The maximum absolute atomic E-state index is 11.2. The number of thioether (sulfide) groups is 1. The van der Waals surface area contributed by atoms with Crippen molar-refractivity contribution in [3.63, 3.8) is 0 Å². The molecule has 0 fully saturated rings. The van der Waals surface area contributed by atoms with Crippen molar-refractivity contribution in [3.05, 3.63) is 21.6 Å². The smallest absolute Gasteiger partial charge is 0.268 e. The van der Waals surface area contributed by atoms with Gasteiger partial charge in [0.15, 0.2) is 0 Å². The third-order valence-corrected chi connectivity index (χ3v) is 3.47. The Morgan fingerprint density at radius 1 is 1.67 bits per heavy atom. The third kappa shape index (κ3) is 1.01. The lowest BCUT2D eigenvalue weighted by atomic mass is 10.1. The highest BCUT2D eigenvalue weighted by Crippen LogP contribution is 2.40. The molecule has 0 saturated heterocycles. The maximum Gasteiger partial charge on any atom is 0.268 e. The molecule has 2 heterocycles. The molecule has 2 unspecified atom stereocenters. The number of hydrogen-bond donors (Lipinski definition) is 3. The Kier molecular flexibility index (Phi) is 1.77. The predicted octanol–water partition coefficient (Wildman–Crippen LogP) is 0.372. The summed E-state index contributed by atoms with van der Waals surface area (Å²) in [5, 5.41) is 14.6.